The van der Waals surface area contributed by atoms with Crippen molar-refractivity contribution < 1.29 is 15.0 Å². The topological polar surface area (TPSA) is 85.7 Å². The van der Waals surface area contributed by atoms with Crippen LogP contribution in [0.2, 0.25) is 0 Å². The summed E-state index contributed by atoms with van der Waals surface area (Å²) in [6, 6.07) is 19.8. The van der Waals surface area contributed by atoms with Gasteiger partial charge in [0.25, 0.3) is 5.91 Å². The molecule has 1 fully saturated rings. The summed E-state index contributed by atoms with van der Waals surface area (Å²) in [5.74, 6) is -0.0600. The summed E-state index contributed by atoms with van der Waals surface area (Å²) in [4.78, 5) is 18.8. The van der Waals surface area contributed by atoms with Crippen molar-refractivity contribution >= 4 is 5.91 Å². The Labute approximate surface area is 207 Å². The molecule has 1 amide bonds. The zero-order valence-corrected chi connectivity index (χ0v) is 20.7. The minimum atomic E-state index is -0.977. The van der Waals surface area contributed by atoms with Gasteiger partial charge in [-0.05, 0) is 68.0 Å². The lowest BCUT2D eigenvalue weighted by Gasteiger charge is -2.21. The first kappa shape index (κ1) is 25.0. The van der Waals surface area contributed by atoms with Gasteiger partial charge in [-0.1, -0.05) is 42.5 Å². The number of aromatic nitrogens is 1. The van der Waals surface area contributed by atoms with E-state index >= 15 is 0 Å². The fourth-order valence-electron chi connectivity index (χ4n) is 4.69. The number of amides is 1. The van der Waals surface area contributed by atoms with E-state index in [9.17, 15) is 15.0 Å². The molecule has 1 aliphatic rings. The molecule has 3 N–H and O–H groups in total. The van der Waals surface area contributed by atoms with Crippen LogP contribution in [0.5, 0.6) is 0 Å². The first-order chi connectivity index (χ1) is 16.7. The smallest absolute Gasteiger partial charge is 0.253 e. The first-order valence-corrected chi connectivity index (χ1v) is 12.2. The fourth-order valence-corrected chi connectivity index (χ4v) is 4.69. The SMILES string of the molecule is CN(Cc1cncc(C(C)(C)O)c1)C(=O)c1ccc(C[C@@H]2CC[C@H](C(O)c3ccccc3)N2)cc1. The minimum absolute atomic E-state index is 0.0568. The van der Waals surface area contributed by atoms with E-state index in [-0.39, 0.29) is 11.9 Å². The molecule has 1 saturated heterocycles. The van der Waals surface area contributed by atoms with E-state index in [1.807, 2.05) is 60.7 Å². The summed E-state index contributed by atoms with van der Waals surface area (Å²) in [5.41, 5.74) is 3.37. The zero-order valence-electron chi connectivity index (χ0n) is 20.7. The number of hydrogen-bond acceptors (Lipinski definition) is 5. The van der Waals surface area contributed by atoms with Crippen molar-refractivity contribution in [1.29, 1.82) is 0 Å². The van der Waals surface area contributed by atoms with E-state index < -0.39 is 11.7 Å². The second-order valence-corrected chi connectivity index (χ2v) is 10.1. The first-order valence-electron chi connectivity index (χ1n) is 12.2. The Bertz CT molecular complexity index is 1130. The number of aliphatic hydroxyl groups excluding tert-OH is 1. The van der Waals surface area contributed by atoms with Gasteiger partial charge in [0, 0.05) is 49.2 Å². The molecule has 184 valence electrons. The highest BCUT2D eigenvalue weighted by atomic mass is 16.3. The summed E-state index contributed by atoms with van der Waals surface area (Å²) < 4.78 is 0. The molecule has 3 aromatic rings. The van der Waals surface area contributed by atoms with Crippen LogP contribution in [0, 0.1) is 0 Å². The number of nitrogens with one attached hydrogen (secondary N) is 1. The molecular formula is C29H35N3O3. The fraction of sp³-hybridized carbons (Fsp3) is 0.379. The maximum absolute atomic E-state index is 13.0. The van der Waals surface area contributed by atoms with Gasteiger partial charge >= 0.3 is 0 Å². The predicted octanol–water partition coefficient (Wildman–Crippen LogP) is 3.98. The van der Waals surface area contributed by atoms with Crippen molar-refractivity contribution in [1.82, 2.24) is 15.2 Å². The average molecular weight is 474 g/mol. The van der Waals surface area contributed by atoms with E-state index in [2.05, 4.69) is 10.3 Å². The average Bonchev–Trinajstić information content (AvgIpc) is 3.32. The highest BCUT2D eigenvalue weighted by molar-refractivity contribution is 5.94. The summed E-state index contributed by atoms with van der Waals surface area (Å²) in [6.07, 6.45) is 5.67. The Hall–Kier alpha value is -3.06. The van der Waals surface area contributed by atoms with Crippen molar-refractivity contribution in [3.05, 3.63) is 101 Å². The van der Waals surface area contributed by atoms with Crippen molar-refractivity contribution in [3.8, 4) is 0 Å². The molecule has 0 spiro atoms. The van der Waals surface area contributed by atoms with E-state index in [1.54, 1.807) is 38.2 Å². The van der Waals surface area contributed by atoms with Gasteiger partial charge in [-0.2, -0.15) is 0 Å². The summed E-state index contributed by atoms with van der Waals surface area (Å²) in [7, 11) is 1.77. The molecule has 3 atom stereocenters. The lowest BCUT2D eigenvalue weighted by atomic mass is 9.99. The number of nitrogens with zero attached hydrogens (tertiary/aromatic N) is 2. The molecule has 6 nitrogen and oxygen atoms in total. The van der Waals surface area contributed by atoms with Crippen molar-refractivity contribution in [2.24, 2.45) is 0 Å². The zero-order chi connectivity index (χ0) is 25.0. The number of pyridine rings is 1. The highest BCUT2D eigenvalue weighted by Gasteiger charge is 2.30. The third-order valence-corrected chi connectivity index (χ3v) is 6.75. The minimum Gasteiger partial charge on any atom is -0.387 e. The lowest BCUT2D eigenvalue weighted by molar-refractivity contribution is 0.0774. The van der Waals surface area contributed by atoms with Crippen molar-refractivity contribution in [3.63, 3.8) is 0 Å². The Kier molecular flexibility index (Phi) is 7.65. The van der Waals surface area contributed by atoms with Crippen molar-refractivity contribution in [2.45, 2.75) is 63.4 Å². The molecule has 0 radical (unpaired) electrons. The number of aliphatic hydroxyl groups is 2. The van der Waals surface area contributed by atoms with Crippen LogP contribution in [-0.4, -0.2) is 45.1 Å². The molecule has 1 aromatic heterocycles. The molecule has 0 bridgehead atoms. The monoisotopic (exact) mass is 473 g/mol. The lowest BCUT2D eigenvalue weighted by Crippen LogP contribution is -2.35. The van der Waals surface area contributed by atoms with Gasteiger partial charge in [-0.15, -0.1) is 0 Å². The Morgan fingerprint density at radius 2 is 1.80 bits per heavy atom. The predicted molar refractivity (Wildman–Crippen MR) is 137 cm³/mol. The number of carbonyl (C=O) groups is 1. The van der Waals surface area contributed by atoms with Gasteiger partial charge in [0.05, 0.1) is 11.7 Å². The van der Waals surface area contributed by atoms with Crippen LogP contribution in [0.4, 0.5) is 0 Å². The Balaban J connectivity index is 1.32. The number of rotatable bonds is 8. The number of hydrogen-bond donors (Lipinski definition) is 3. The van der Waals surface area contributed by atoms with Crippen LogP contribution in [0.3, 0.4) is 0 Å². The van der Waals surface area contributed by atoms with Gasteiger partial charge in [-0.25, -0.2) is 0 Å². The molecule has 0 saturated carbocycles. The van der Waals surface area contributed by atoms with Gasteiger partial charge in [0.1, 0.15) is 0 Å². The van der Waals surface area contributed by atoms with Gasteiger partial charge in [-0.3, -0.25) is 9.78 Å². The molecule has 4 rings (SSSR count). The third-order valence-electron chi connectivity index (χ3n) is 6.75. The third kappa shape index (κ3) is 6.34. The van der Waals surface area contributed by atoms with Gasteiger partial charge in [0.2, 0.25) is 0 Å². The Morgan fingerprint density at radius 3 is 2.49 bits per heavy atom. The number of benzene rings is 2. The van der Waals surface area contributed by atoms with Crippen LogP contribution in [-0.2, 0) is 18.6 Å². The largest absolute Gasteiger partial charge is 0.387 e. The van der Waals surface area contributed by atoms with Crippen LogP contribution in [0.25, 0.3) is 0 Å². The molecule has 6 heteroatoms. The maximum Gasteiger partial charge on any atom is 0.253 e. The molecule has 2 aromatic carbocycles. The van der Waals surface area contributed by atoms with E-state index in [1.165, 1.54) is 5.56 Å². The van der Waals surface area contributed by atoms with E-state index in [0.29, 0.717) is 18.2 Å². The molecular weight excluding hydrogens is 438 g/mol. The Morgan fingerprint density at radius 1 is 1.09 bits per heavy atom. The summed E-state index contributed by atoms with van der Waals surface area (Å²) in [6.45, 7) is 3.85. The van der Waals surface area contributed by atoms with E-state index in [4.69, 9.17) is 0 Å². The number of carbonyl (C=O) groups excluding carboxylic acids is 1. The van der Waals surface area contributed by atoms with E-state index in [0.717, 1.165) is 36.0 Å². The van der Waals surface area contributed by atoms with Crippen LogP contribution < -0.4 is 5.32 Å². The molecule has 2 heterocycles. The van der Waals surface area contributed by atoms with Gasteiger partial charge in [0.15, 0.2) is 0 Å². The molecule has 1 unspecified atom stereocenters. The summed E-state index contributed by atoms with van der Waals surface area (Å²) >= 11 is 0. The quantitative estimate of drug-likeness (QED) is 0.461. The molecule has 1 aliphatic heterocycles. The standard InChI is InChI=1S/C29H35N3O3/c1-29(2,35)24-15-21(17-30-18-24)19-32(3)28(34)23-11-9-20(10-12-23)16-25-13-14-26(31-25)27(33)22-7-5-4-6-8-22/h4-12,15,17-18,25-27,31,33,35H,13-14,16,19H2,1-3H3/t25-,26+,27?/m0/s1. The second kappa shape index (κ2) is 10.7. The normalized spacial score (nSPS) is 18.9. The van der Waals surface area contributed by atoms with Gasteiger partial charge < -0.3 is 20.4 Å². The molecule has 0 aliphatic carbocycles. The highest BCUT2D eigenvalue weighted by Crippen LogP contribution is 2.27. The maximum atomic E-state index is 13.0. The van der Waals surface area contributed by atoms with Crippen LogP contribution >= 0.6 is 0 Å². The second-order valence-electron chi connectivity index (χ2n) is 10.1. The van der Waals surface area contributed by atoms with Crippen LogP contribution in [0.15, 0.2) is 73.1 Å². The van der Waals surface area contributed by atoms with Crippen LogP contribution in [0.1, 0.15) is 65.4 Å². The summed E-state index contributed by atoms with van der Waals surface area (Å²) in [5, 5.41) is 24.5. The van der Waals surface area contributed by atoms with Crippen molar-refractivity contribution in [2.75, 3.05) is 7.05 Å². The molecule has 35 heavy (non-hydrogen) atoms.